The van der Waals surface area contributed by atoms with Gasteiger partial charge in [0.25, 0.3) is 5.91 Å². The molecule has 0 aromatic heterocycles. The maximum absolute atomic E-state index is 12.3. The van der Waals surface area contributed by atoms with Crippen molar-refractivity contribution in [2.45, 2.75) is 5.92 Å². The quantitative estimate of drug-likeness (QED) is 0.675. The standard InChI is InChI=1S/C16H11ClN2O3/c17-9-5-7-10(8-6-9)18-16(22)14(20)13-11-3-1-2-4-12(11)19-15(13)21/h1-8,13H,(H,18,22)(H,19,21)/t13-/m1/s1. The molecule has 0 unspecified atom stereocenters. The van der Waals surface area contributed by atoms with Crippen LogP contribution >= 0.6 is 11.6 Å². The predicted molar refractivity (Wildman–Crippen MR) is 82.9 cm³/mol. The number of amides is 2. The second kappa shape index (κ2) is 5.61. The number of fused-ring (bicyclic) bond motifs is 1. The molecule has 0 aliphatic carbocycles. The third-order valence-electron chi connectivity index (χ3n) is 3.38. The van der Waals surface area contributed by atoms with Gasteiger partial charge in [0.05, 0.1) is 0 Å². The molecule has 0 fully saturated rings. The maximum Gasteiger partial charge on any atom is 0.292 e. The average molecular weight is 315 g/mol. The summed E-state index contributed by atoms with van der Waals surface area (Å²) < 4.78 is 0. The second-order valence-electron chi connectivity index (χ2n) is 4.83. The monoisotopic (exact) mass is 314 g/mol. The van der Waals surface area contributed by atoms with Crippen LogP contribution in [0.15, 0.2) is 48.5 Å². The van der Waals surface area contributed by atoms with E-state index in [9.17, 15) is 14.4 Å². The number of carbonyl (C=O) groups is 3. The Labute approximate surface area is 131 Å². The molecule has 1 heterocycles. The molecule has 22 heavy (non-hydrogen) atoms. The Morgan fingerprint density at radius 1 is 1.05 bits per heavy atom. The molecular formula is C16H11ClN2O3. The van der Waals surface area contributed by atoms with Crippen molar-refractivity contribution in [2.24, 2.45) is 0 Å². The van der Waals surface area contributed by atoms with Crippen molar-refractivity contribution in [3.8, 4) is 0 Å². The van der Waals surface area contributed by atoms with Gasteiger partial charge in [0.1, 0.15) is 5.92 Å². The highest BCUT2D eigenvalue weighted by Gasteiger charge is 2.39. The number of hydrogen-bond acceptors (Lipinski definition) is 3. The van der Waals surface area contributed by atoms with Gasteiger partial charge in [-0.2, -0.15) is 0 Å². The third kappa shape index (κ3) is 2.58. The fourth-order valence-electron chi connectivity index (χ4n) is 2.33. The molecule has 0 saturated carbocycles. The van der Waals surface area contributed by atoms with E-state index in [4.69, 9.17) is 11.6 Å². The number of para-hydroxylation sites is 1. The highest BCUT2D eigenvalue weighted by Crippen LogP contribution is 2.32. The van der Waals surface area contributed by atoms with E-state index in [2.05, 4.69) is 10.6 Å². The Balaban J connectivity index is 1.80. The van der Waals surface area contributed by atoms with Crippen molar-refractivity contribution in [2.75, 3.05) is 10.6 Å². The molecule has 2 N–H and O–H groups in total. The van der Waals surface area contributed by atoms with Gasteiger partial charge in [-0.05, 0) is 35.9 Å². The first-order chi connectivity index (χ1) is 10.6. The molecule has 0 bridgehead atoms. The normalized spacial score (nSPS) is 15.9. The lowest BCUT2D eigenvalue weighted by atomic mass is 9.95. The van der Waals surface area contributed by atoms with Crippen molar-refractivity contribution < 1.29 is 14.4 Å². The number of anilines is 2. The number of benzene rings is 2. The van der Waals surface area contributed by atoms with E-state index in [1.807, 2.05) is 0 Å². The minimum Gasteiger partial charge on any atom is -0.325 e. The van der Waals surface area contributed by atoms with Gasteiger partial charge in [0.2, 0.25) is 11.7 Å². The van der Waals surface area contributed by atoms with Gasteiger partial charge in [-0.1, -0.05) is 29.8 Å². The first-order valence-electron chi connectivity index (χ1n) is 6.57. The third-order valence-corrected chi connectivity index (χ3v) is 3.63. The van der Waals surface area contributed by atoms with E-state index < -0.39 is 23.5 Å². The minimum atomic E-state index is -1.11. The van der Waals surface area contributed by atoms with Crippen LogP contribution < -0.4 is 10.6 Å². The summed E-state index contributed by atoms with van der Waals surface area (Å²) in [5.74, 6) is -3.22. The van der Waals surface area contributed by atoms with E-state index >= 15 is 0 Å². The maximum atomic E-state index is 12.3. The van der Waals surface area contributed by atoms with Gasteiger partial charge in [-0.25, -0.2) is 0 Å². The number of halogens is 1. The summed E-state index contributed by atoms with van der Waals surface area (Å²) in [6.45, 7) is 0. The summed E-state index contributed by atoms with van der Waals surface area (Å²) in [7, 11) is 0. The topological polar surface area (TPSA) is 75.3 Å². The van der Waals surface area contributed by atoms with Crippen LogP contribution in [0.3, 0.4) is 0 Å². The van der Waals surface area contributed by atoms with Crippen LogP contribution in [0.2, 0.25) is 5.02 Å². The van der Waals surface area contributed by atoms with E-state index in [1.54, 1.807) is 48.5 Å². The summed E-state index contributed by atoms with van der Waals surface area (Å²) in [5.41, 5.74) is 1.52. The highest BCUT2D eigenvalue weighted by molar-refractivity contribution is 6.47. The van der Waals surface area contributed by atoms with Crippen molar-refractivity contribution in [3.63, 3.8) is 0 Å². The predicted octanol–water partition coefficient (Wildman–Crippen LogP) is 2.58. The molecular weight excluding hydrogens is 304 g/mol. The number of rotatable bonds is 3. The largest absolute Gasteiger partial charge is 0.325 e. The van der Waals surface area contributed by atoms with Gasteiger partial charge in [0.15, 0.2) is 0 Å². The lowest BCUT2D eigenvalue weighted by molar-refractivity contribution is -0.138. The SMILES string of the molecule is O=C(Nc1ccc(Cl)cc1)C(=O)[C@@H]1C(=O)Nc2ccccc21. The molecule has 110 valence electrons. The Hall–Kier alpha value is -2.66. The van der Waals surface area contributed by atoms with Crippen molar-refractivity contribution in [1.29, 1.82) is 0 Å². The van der Waals surface area contributed by atoms with Gasteiger partial charge in [-0.3, -0.25) is 14.4 Å². The van der Waals surface area contributed by atoms with Crippen LogP contribution in [0.25, 0.3) is 0 Å². The molecule has 2 aromatic rings. The summed E-state index contributed by atoms with van der Waals surface area (Å²) in [6, 6.07) is 13.2. The number of ketones is 1. The zero-order valence-corrected chi connectivity index (χ0v) is 12.1. The molecule has 1 aliphatic heterocycles. The van der Waals surface area contributed by atoms with Gasteiger partial charge in [0, 0.05) is 16.4 Å². The van der Waals surface area contributed by atoms with Crippen LogP contribution in [-0.2, 0) is 14.4 Å². The van der Waals surface area contributed by atoms with Crippen LogP contribution in [0.5, 0.6) is 0 Å². The van der Waals surface area contributed by atoms with E-state index in [1.165, 1.54) is 0 Å². The van der Waals surface area contributed by atoms with Gasteiger partial charge in [-0.15, -0.1) is 0 Å². The Morgan fingerprint density at radius 3 is 2.45 bits per heavy atom. The van der Waals surface area contributed by atoms with E-state index in [0.717, 1.165) is 0 Å². The molecule has 1 atom stereocenters. The lowest BCUT2D eigenvalue weighted by Gasteiger charge is -2.08. The van der Waals surface area contributed by atoms with E-state index in [-0.39, 0.29) is 0 Å². The number of hydrogen-bond donors (Lipinski definition) is 2. The van der Waals surface area contributed by atoms with Gasteiger partial charge >= 0.3 is 0 Å². The Morgan fingerprint density at radius 2 is 1.73 bits per heavy atom. The van der Waals surface area contributed by atoms with Crippen LogP contribution in [0, 0.1) is 0 Å². The van der Waals surface area contributed by atoms with Crippen molar-refractivity contribution >= 4 is 40.6 Å². The zero-order chi connectivity index (χ0) is 15.7. The molecule has 2 amide bonds. The number of Topliss-reactive ketones (excluding diaryl/α,β-unsaturated/α-hetero) is 1. The summed E-state index contributed by atoms with van der Waals surface area (Å²) in [4.78, 5) is 36.3. The molecule has 0 saturated heterocycles. The summed E-state index contributed by atoms with van der Waals surface area (Å²) in [6.07, 6.45) is 0. The Kier molecular flexibility index (Phi) is 3.65. The molecule has 2 aromatic carbocycles. The van der Waals surface area contributed by atoms with Gasteiger partial charge < -0.3 is 10.6 Å². The lowest BCUT2D eigenvalue weighted by Crippen LogP contribution is -2.31. The minimum absolute atomic E-state index is 0.439. The molecule has 6 heteroatoms. The molecule has 0 radical (unpaired) electrons. The summed E-state index contributed by atoms with van der Waals surface area (Å²) >= 11 is 5.76. The molecule has 5 nitrogen and oxygen atoms in total. The van der Waals surface area contributed by atoms with Crippen molar-refractivity contribution in [3.05, 3.63) is 59.1 Å². The van der Waals surface area contributed by atoms with Crippen molar-refractivity contribution in [1.82, 2.24) is 0 Å². The van der Waals surface area contributed by atoms with Crippen LogP contribution in [0.4, 0.5) is 11.4 Å². The fraction of sp³-hybridized carbons (Fsp3) is 0.0625. The summed E-state index contributed by atoms with van der Waals surface area (Å²) in [5, 5.41) is 5.59. The van der Waals surface area contributed by atoms with E-state index in [0.29, 0.717) is 22.0 Å². The smallest absolute Gasteiger partial charge is 0.292 e. The second-order valence-corrected chi connectivity index (χ2v) is 5.27. The number of nitrogens with one attached hydrogen (secondary N) is 2. The average Bonchev–Trinajstić information content (AvgIpc) is 2.84. The first-order valence-corrected chi connectivity index (χ1v) is 6.94. The number of carbonyl (C=O) groups excluding carboxylic acids is 3. The molecule has 0 spiro atoms. The molecule has 1 aliphatic rings. The highest BCUT2D eigenvalue weighted by atomic mass is 35.5. The Bertz CT molecular complexity index is 771. The first kappa shape index (κ1) is 14.3. The van der Waals surface area contributed by atoms with Crippen LogP contribution in [-0.4, -0.2) is 17.6 Å². The zero-order valence-electron chi connectivity index (χ0n) is 11.3. The fourth-order valence-corrected chi connectivity index (χ4v) is 2.45. The van der Waals surface area contributed by atoms with Crippen LogP contribution in [0.1, 0.15) is 11.5 Å². The molecule has 3 rings (SSSR count).